The Morgan fingerprint density at radius 1 is 1.18 bits per heavy atom. The fourth-order valence-electron chi connectivity index (χ4n) is 2.94. The van der Waals surface area contributed by atoms with E-state index >= 15 is 0 Å². The van der Waals surface area contributed by atoms with Crippen LogP contribution in [-0.2, 0) is 14.3 Å². The summed E-state index contributed by atoms with van der Waals surface area (Å²) in [5.41, 5.74) is 0.819. The summed E-state index contributed by atoms with van der Waals surface area (Å²) in [6.07, 6.45) is 0. The third-order valence-electron chi connectivity index (χ3n) is 4.24. The zero-order valence-corrected chi connectivity index (χ0v) is 22.0. The summed E-state index contributed by atoms with van der Waals surface area (Å²) < 4.78 is 16.4. The van der Waals surface area contributed by atoms with Crippen molar-refractivity contribution in [3.05, 3.63) is 33.6 Å². The van der Waals surface area contributed by atoms with E-state index in [0.29, 0.717) is 28.1 Å². The molecule has 1 aromatic carbocycles. The lowest BCUT2D eigenvalue weighted by Crippen LogP contribution is -2.39. The number of hydrogen-bond donors (Lipinski definition) is 1. The summed E-state index contributed by atoms with van der Waals surface area (Å²) in [6.45, 7) is 9.67. The molecule has 0 aliphatic heterocycles. The van der Waals surface area contributed by atoms with Crippen LogP contribution in [0.1, 0.15) is 44.3 Å². The van der Waals surface area contributed by atoms with Gasteiger partial charge in [-0.25, -0.2) is 14.4 Å². The molecule has 10 heteroatoms. The molecule has 0 atom stereocenters. The van der Waals surface area contributed by atoms with E-state index < -0.39 is 17.5 Å². The van der Waals surface area contributed by atoms with Crippen molar-refractivity contribution in [2.24, 2.45) is 0 Å². The van der Waals surface area contributed by atoms with Crippen molar-refractivity contribution < 1.29 is 28.6 Å². The first-order valence-corrected chi connectivity index (χ1v) is 12.0. The van der Waals surface area contributed by atoms with Crippen molar-refractivity contribution in [1.29, 1.82) is 0 Å². The van der Waals surface area contributed by atoms with Crippen LogP contribution >= 0.6 is 27.3 Å². The number of hydrogen-bond acceptors (Lipinski definition) is 7. The second-order valence-electron chi connectivity index (χ2n) is 7.90. The Kier molecular flexibility index (Phi) is 9.30. The van der Waals surface area contributed by atoms with Gasteiger partial charge in [-0.1, -0.05) is 12.1 Å². The molecule has 0 aliphatic carbocycles. The maximum absolute atomic E-state index is 12.4. The van der Waals surface area contributed by atoms with Crippen molar-refractivity contribution in [1.82, 2.24) is 5.32 Å². The van der Waals surface area contributed by atoms with Crippen molar-refractivity contribution >= 4 is 50.9 Å². The van der Waals surface area contributed by atoms with E-state index in [9.17, 15) is 14.4 Å². The first kappa shape index (κ1) is 26.7. The van der Waals surface area contributed by atoms with Gasteiger partial charge >= 0.3 is 18.0 Å². The number of methoxy groups -OCH3 is 1. The molecule has 0 unspecified atom stereocenters. The van der Waals surface area contributed by atoms with Gasteiger partial charge in [-0.05, 0) is 68.2 Å². The zero-order chi connectivity index (χ0) is 24.8. The SMILES string of the molecule is CCNC(=O)N(CC)c1cccc(-c2sc(C(=O)OC)c(OCC(=O)OC(C)(C)C)c2Br)c1. The molecule has 1 heterocycles. The lowest BCUT2D eigenvalue weighted by molar-refractivity contribution is -0.157. The van der Waals surface area contributed by atoms with Gasteiger partial charge in [-0.2, -0.15) is 0 Å². The predicted molar refractivity (Wildman–Crippen MR) is 132 cm³/mol. The average Bonchev–Trinajstić information content (AvgIpc) is 3.07. The van der Waals surface area contributed by atoms with Gasteiger partial charge in [-0.3, -0.25) is 4.90 Å². The van der Waals surface area contributed by atoms with E-state index in [0.717, 1.165) is 5.56 Å². The Labute approximate surface area is 206 Å². The molecule has 8 nitrogen and oxygen atoms in total. The van der Waals surface area contributed by atoms with E-state index in [-0.39, 0.29) is 23.3 Å². The molecular formula is C23H29BrN2O6S. The molecule has 1 aromatic heterocycles. The van der Waals surface area contributed by atoms with E-state index in [4.69, 9.17) is 14.2 Å². The molecular weight excluding hydrogens is 512 g/mol. The van der Waals surface area contributed by atoms with Crippen LogP contribution in [0.3, 0.4) is 0 Å². The molecule has 33 heavy (non-hydrogen) atoms. The maximum Gasteiger partial charge on any atom is 0.351 e. The third kappa shape index (κ3) is 6.94. The topological polar surface area (TPSA) is 94.2 Å². The molecule has 2 rings (SSSR count). The second-order valence-corrected chi connectivity index (χ2v) is 9.71. The summed E-state index contributed by atoms with van der Waals surface area (Å²) in [6, 6.07) is 7.19. The first-order chi connectivity index (χ1) is 15.5. The normalized spacial score (nSPS) is 11.0. The molecule has 2 amide bonds. The van der Waals surface area contributed by atoms with Crippen LogP contribution in [0.5, 0.6) is 5.75 Å². The van der Waals surface area contributed by atoms with Crippen LogP contribution in [0.25, 0.3) is 10.4 Å². The molecule has 0 saturated heterocycles. The van der Waals surface area contributed by atoms with Gasteiger partial charge in [0.2, 0.25) is 0 Å². The molecule has 0 aliphatic rings. The highest BCUT2D eigenvalue weighted by atomic mass is 79.9. The summed E-state index contributed by atoms with van der Waals surface area (Å²) in [7, 11) is 1.28. The largest absolute Gasteiger partial charge is 0.479 e. The predicted octanol–water partition coefficient (Wildman–Crippen LogP) is 5.24. The maximum atomic E-state index is 12.4. The van der Waals surface area contributed by atoms with Crippen LogP contribution in [0.2, 0.25) is 0 Å². The Morgan fingerprint density at radius 3 is 2.45 bits per heavy atom. The van der Waals surface area contributed by atoms with Crippen molar-refractivity contribution in [3.63, 3.8) is 0 Å². The number of rotatable bonds is 8. The Morgan fingerprint density at radius 2 is 1.88 bits per heavy atom. The van der Waals surface area contributed by atoms with Crippen LogP contribution < -0.4 is 15.0 Å². The van der Waals surface area contributed by atoms with Gasteiger partial charge < -0.3 is 19.5 Å². The third-order valence-corrected chi connectivity index (χ3v) is 6.46. The number of anilines is 1. The molecule has 0 spiro atoms. The van der Waals surface area contributed by atoms with Gasteiger partial charge in [0.25, 0.3) is 0 Å². The molecule has 1 N–H and O–H groups in total. The van der Waals surface area contributed by atoms with Crippen LogP contribution in [0, 0.1) is 0 Å². The number of esters is 2. The smallest absolute Gasteiger partial charge is 0.351 e. The number of urea groups is 1. The minimum atomic E-state index is -0.654. The Hall–Kier alpha value is -2.59. The molecule has 0 fully saturated rings. The fraction of sp³-hybridized carbons (Fsp3) is 0.435. The fourth-order valence-corrected chi connectivity index (χ4v) is 4.91. The van der Waals surface area contributed by atoms with E-state index in [1.165, 1.54) is 18.4 Å². The number of nitrogens with zero attached hydrogens (tertiary/aromatic N) is 1. The van der Waals surface area contributed by atoms with Crippen molar-refractivity contribution in [2.45, 2.75) is 40.2 Å². The summed E-state index contributed by atoms with van der Waals surface area (Å²) >= 11 is 4.68. The molecule has 0 radical (unpaired) electrons. The number of amides is 2. The van der Waals surface area contributed by atoms with Crippen LogP contribution in [0.4, 0.5) is 10.5 Å². The van der Waals surface area contributed by atoms with E-state index in [1.54, 1.807) is 25.7 Å². The van der Waals surface area contributed by atoms with Gasteiger partial charge in [0.1, 0.15) is 5.60 Å². The lowest BCUT2D eigenvalue weighted by atomic mass is 10.1. The minimum Gasteiger partial charge on any atom is -0.479 e. The summed E-state index contributed by atoms with van der Waals surface area (Å²) in [5.74, 6) is -0.936. The van der Waals surface area contributed by atoms with Crippen LogP contribution in [0.15, 0.2) is 28.7 Å². The summed E-state index contributed by atoms with van der Waals surface area (Å²) in [5, 5.41) is 2.80. The highest BCUT2D eigenvalue weighted by Crippen LogP contribution is 2.46. The number of halogens is 1. The molecule has 0 saturated carbocycles. The molecule has 180 valence electrons. The first-order valence-electron chi connectivity index (χ1n) is 10.4. The molecule has 0 bridgehead atoms. The van der Waals surface area contributed by atoms with Gasteiger partial charge in [0.15, 0.2) is 17.2 Å². The average molecular weight is 541 g/mol. The number of ether oxygens (including phenoxy) is 3. The molecule has 2 aromatic rings. The number of carbonyl (C=O) groups is 3. The Bertz CT molecular complexity index is 1010. The minimum absolute atomic E-state index is 0.195. The van der Waals surface area contributed by atoms with Crippen LogP contribution in [-0.4, -0.2) is 50.4 Å². The highest BCUT2D eigenvalue weighted by molar-refractivity contribution is 9.10. The standard InChI is InChI=1S/C23H29BrN2O6S/c1-7-25-22(29)26(8-2)15-11-9-10-14(12-15)19-17(24)18(20(33-19)21(28)30-6)31-13-16(27)32-23(3,4)5/h9-12H,7-8,13H2,1-6H3,(H,25,29). The van der Waals surface area contributed by atoms with E-state index in [1.807, 2.05) is 38.1 Å². The Balaban J connectivity index is 2.42. The quantitative estimate of drug-likeness (QED) is 0.460. The van der Waals surface area contributed by atoms with Gasteiger partial charge in [0.05, 0.1) is 16.5 Å². The summed E-state index contributed by atoms with van der Waals surface area (Å²) in [4.78, 5) is 39.5. The number of nitrogens with one attached hydrogen (secondary N) is 1. The van der Waals surface area contributed by atoms with Gasteiger partial charge in [-0.15, -0.1) is 11.3 Å². The number of thiophene rings is 1. The zero-order valence-electron chi connectivity index (χ0n) is 19.6. The van der Waals surface area contributed by atoms with Gasteiger partial charge in [0, 0.05) is 18.8 Å². The van der Waals surface area contributed by atoms with Crippen molar-refractivity contribution in [3.8, 4) is 16.2 Å². The van der Waals surface area contributed by atoms with Crippen molar-refractivity contribution in [2.75, 3.05) is 31.7 Å². The lowest BCUT2D eigenvalue weighted by Gasteiger charge is -2.21. The second kappa shape index (κ2) is 11.5. The number of benzene rings is 1. The number of carbonyl (C=O) groups excluding carboxylic acids is 3. The van der Waals surface area contributed by atoms with E-state index in [2.05, 4.69) is 21.2 Å². The highest BCUT2D eigenvalue weighted by Gasteiger charge is 2.27. The monoisotopic (exact) mass is 540 g/mol.